The van der Waals surface area contributed by atoms with Crippen LogP contribution in [0.2, 0.25) is 0 Å². The summed E-state index contributed by atoms with van der Waals surface area (Å²) in [6.45, 7) is 5.30. The lowest BCUT2D eigenvalue weighted by Gasteiger charge is -2.29. The number of hydrogen-bond donors (Lipinski definition) is 0. The number of benzene rings is 1. The molecule has 0 N–H and O–H groups in total. The number of fused-ring (bicyclic) bond motifs is 3. The number of rotatable bonds is 4. The molecule has 1 fully saturated rings. The molecule has 1 aromatic rings. The fraction of sp³-hybridized carbons (Fsp3) is 0.632. The molecule has 1 aromatic carbocycles. The molecule has 120 valence electrons. The topological polar surface area (TPSA) is 29.5 Å². The predicted octanol–water partition coefficient (Wildman–Crippen LogP) is 4.18. The van der Waals surface area contributed by atoms with E-state index in [0.29, 0.717) is 25.0 Å². The molecule has 0 spiro atoms. The first-order valence-corrected chi connectivity index (χ1v) is 8.73. The SMILES string of the molecule is CCOC(=O)CCN1c2ccc(C)cc2[C@@H]2CCCCC[C@@H]21. The molecule has 1 saturated carbocycles. The van der Waals surface area contributed by atoms with Gasteiger partial charge < -0.3 is 9.64 Å². The van der Waals surface area contributed by atoms with Gasteiger partial charge in [-0.25, -0.2) is 0 Å². The van der Waals surface area contributed by atoms with E-state index >= 15 is 0 Å². The fourth-order valence-electron chi connectivity index (χ4n) is 4.17. The van der Waals surface area contributed by atoms with E-state index in [0.717, 1.165) is 6.54 Å². The zero-order valence-corrected chi connectivity index (χ0v) is 13.8. The highest BCUT2D eigenvalue weighted by atomic mass is 16.5. The molecule has 1 aliphatic carbocycles. The monoisotopic (exact) mass is 301 g/mol. The Bertz CT molecular complexity index is 540. The van der Waals surface area contributed by atoms with Crippen LogP contribution >= 0.6 is 0 Å². The molecule has 3 nitrogen and oxygen atoms in total. The van der Waals surface area contributed by atoms with Crippen LogP contribution in [-0.2, 0) is 9.53 Å². The number of carbonyl (C=O) groups excluding carboxylic acids is 1. The molecule has 0 aromatic heterocycles. The van der Waals surface area contributed by atoms with E-state index in [9.17, 15) is 4.79 Å². The molecular formula is C19H27NO2. The zero-order chi connectivity index (χ0) is 15.5. The maximum atomic E-state index is 11.7. The number of aryl methyl sites for hydroxylation is 1. The van der Waals surface area contributed by atoms with E-state index in [4.69, 9.17) is 4.74 Å². The van der Waals surface area contributed by atoms with Crippen molar-refractivity contribution in [2.75, 3.05) is 18.1 Å². The van der Waals surface area contributed by atoms with Crippen LogP contribution in [0, 0.1) is 6.92 Å². The second-order valence-electron chi connectivity index (χ2n) is 6.62. The number of ether oxygens (including phenoxy) is 1. The Labute approximate surface area is 133 Å². The molecule has 0 amide bonds. The van der Waals surface area contributed by atoms with Gasteiger partial charge in [-0.3, -0.25) is 4.79 Å². The van der Waals surface area contributed by atoms with Crippen molar-refractivity contribution in [3.63, 3.8) is 0 Å². The second-order valence-corrected chi connectivity index (χ2v) is 6.62. The third kappa shape index (κ3) is 2.99. The first-order chi connectivity index (χ1) is 10.7. The smallest absolute Gasteiger partial charge is 0.307 e. The molecule has 3 rings (SSSR count). The molecule has 1 heterocycles. The van der Waals surface area contributed by atoms with Crippen molar-refractivity contribution in [1.29, 1.82) is 0 Å². The highest BCUT2D eigenvalue weighted by molar-refractivity contribution is 5.71. The summed E-state index contributed by atoms with van der Waals surface area (Å²) in [7, 11) is 0. The summed E-state index contributed by atoms with van der Waals surface area (Å²) in [5.74, 6) is 0.577. The second kappa shape index (κ2) is 6.72. The number of esters is 1. The molecule has 2 atom stereocenters. The molecule has 0 unspecified atom stereocenters. The lowest BCUT2D eigenvalue weighted by molar-refractivity contribution is -0.142. The number of hydrogen-bond acceptors (Lipinski definition) is 3. The predicted molar refractivity (Wildman–Crippen MR) is 89.4 cm³/mol. The van der Waals surface area contributed by atoms with E-state index in [1.807, 2.05) is 6.92 Å². The quantitative estimate of drug-likeness (QED) is 0.781. The number of nitrogens with zero attached hydrogens (tertiary/aromatic N) is 1. The van der Waals surface area contributed by atoms with Gasteiger partial charge in [0.15, 0.2) is 0 Å². The summed E-state index contributed by atoms with van der Waals surface area (Å²) >= 11 is 0. The minimum atomic E-state index is -0.0757. The Morgan fingerprint density at radius 3 is 2.91 bits per heavy atom. The van der Waals surface area contributed by atoms with Gasteiger partial charge in [-0.2, -0.15) is 0 Å². The zero-order valence-electron chi connectivity index (χ0n) is 13.8. The largest absolute Gasteiger partial charge is 0.466 e. The van der Waals surface area contributed by atoms with Gasteiger partial charge in [-0.1, -0.05) is 37.0 Å². The minimum Gasteiger partial charge on any atom is -0.466 e. The molecule has 0 saturated heterocycles. The maximum absolute atomic E-state index is 11.7. The van der Waals surface area contributed by atoms with E-state index in [1.54, 1.807) is 0 Å². The lowest BCUT2D eigenvalue weighted by Crippen LogP contribution is -2.35. The minimum absolute atomic E-state index is 0.0757. The Morgan fingerprint density at radius 1 is 1.27 bits per heavy atom. The van der Waals surface area contributed by atoms with Gasteiger partial charge in [0.25, 0.3) is 0 Å². The Balaban J connectivity index is 1.83. The summed E-state index contributed by atoms with van der Waals surface area (Å²) < 4.78 is 5.10. The van der Waals surface area contributed by atoms with Crippen LogP contribution < -0.4 is 4.90 Å². The normalized spacial score (nSPS) is 23.6. The standard InChI is InChI=1S/C19H27NO2/c1-3-22-19(21)11-12-20-17-8-6-4-5-7-15(17)16-13-14(2)9-10-18(16)20/h9-10,13,15,17H,3-8,11-12H2,1-2H3/t15-,17-/m0/s1. The first-order valence-electron chi connectivity index (χ1n) is 8.73. The van der Waals surface area contributed by atoms with Crippen molar-refractivity contribution in [2.24, 2.45) is 0 Å². The van der Waals surface area contributed by atoms with E-state index in [1.165, 1.54) is 48.9 Å². The maximum Gasteiger partial charge on any atom is 0.307 e. The summed E-state index contributed by atoms with van der Waals surface area (Å²) in [6, 6.07) is 7.39. The van der Waals surface area contributed by atoms with Crippen LogP contribution in [-0.4, -0.2) is 25.2 Å². The van der Waals surface area contributed by atoms with Gasteiger partial charge in [-0.05, 0) is 38.3 Å². The van der Waals surface area contributed by atoms with Gasteiger partial charge in [-0.15, -0.1) is 0 Å². The van der Waals surface area contributed by atoms with Crippen LogP contribution in [0.4, 0.5) is 5.69 Å². The van der Waals surface area contributed by atoms with Gasteiger partial charge in [0, 0.05) is 24.2 Å². The van der Waals surface area contributed by atoms with E-state index < -0.39 is 0 Å². The number of carbonyl (C=O) groups is 1. The van der Waals surface area contributed by atoms with E-state index in [-0.39, 0.29) is 5.97 Å². The van der Waals surface area contributed by atoms with Crippen molar-refractivity contribution in [3.8, 4) is 0 Å². The molecule has 1 aliphatic heterocycles. The van der Waals surface area contributed by atoms with Crippen LogP contribution in [0.3, 0.4) is 0 Å². The van der Waals surface area contributed by atoms with Crippen LogP contribution in [0.15, 0.2) is 18.2 Å². The molecular weight excluding hydrogens is 274 g/mol. The summed E-state index contributed by atoms with van der Waals surface area (Å²) in [5.41, 5.74) is 4.21. The average Bonchev–Trinajstić information content (AvgIpc) is 2.66. The third-order valence-electron chi connectivity index (χ3n) is 5.13. The van der Waals surface area contributed by atoms with Crippen molar-refractivity contribution in [2.45, 2.75) is 64.3 Å². The Hall–Kier alpha value is -1.51. The van der Waals surface area contributed by atoms with Gasteiger partial charge in [0.1, 0.15) is 0 Å². The molecule has 2 aliphatic rings. The number of anilines is 1. The first kappa shape index (κ1) is 15.4. The molecule has 0 bridgehead atoms. The lowest BCUT2D eigenvalue weighted by atomic mass is 9.90. The van der Waals surface area contributed by atoms with Crippen molar-refractivity contribution >= 4 is 11.7 Å². The van der Waals surface area contributed by atoms with E-state index in [2.05, 4.69) is 30.0 Å². The van der Waals surface area contributed by atoms with Crippen molar-refractivity contribution in [1.82, 2.24) is 0 Å². The fourth-order valence-corrected chi connectivity index (χ4v) is 4.17. The van der Waals surface area contributed by atoms with Crippen LogP contribution in [0.1, 0.15) is 62.5 Å². The van der Waals surface area contributed by atoms with Gasteiger partial charge in [0.05, 0.1) is 13.0 Å². The van der Waals surface area contributed by atoms with Crippen molar-refractivity contribution in [3.05, 3.63) is 29.3 Å². The van der Waals surface area contributed by atoms with Gasteiger partial charge >= 0.3 is 5.97 Å². The van der Waals surface area contributed by atoms with Crippen LogP contribution in [0.25, 0.3) is 0 Å². The molecule has 0 radical (unpaired) electrons. The highest BCUT2D eigenvalue weighted by Gasteiger charge is 2.38. The van der Waals surface area contributed by atoms with Crippen molar-refractivity contribution < 1.29 is 9.53 Å². The van der Waals surface area contributed by atoms with Gasteiger partial charge in [0.2, 0.25) is 0 Å². The third-order valence-corrected chi connectivity index (χ3v) is 5.13. The summed E-state index contributed by atoms with van der Waals surface area (Å²) in [6.07, 6.45) is 7.02. The summed E-state index contributed by atoms with van der Waals surface area (Å²) in [5, 5.41) is 0. The molecule has 22 heavy (non-hydrogen) atoms. The summed E-state index contributed by atoms with van der Waals surface area (Å²) in [4.78, 5) is 14.2. The molecule has 3 heteroatoms. The highest BCUT2D eigenvalue weighted by Crippen LogP contribution is 2.47. The average molecular weight is 301 g/mol. The Morgan fingerprint density at radius 2 is 2.09 bits per heavy atom. The van der Waals surface area contributed by atoms with Crippen LogP contribution in [0.5, 0.6) is 0 Å². The Kier molecular flexibility index (Phi) is 4.70.